The summed E-state index contributed by atoms with van der Waals surface area (Å²) in [4.78, 5) is 4.80. The molecule has 2 aromatic heterocycles. The lowest BCUT2D eigenvalue weighted by Crippen LogP contribution is -2.02. The molecule has 0 aliphatic heterocycles. The van der Waals surface area contributed by atoms with Crippen molar-refractivity contribution in [1.29, 1.82) is 0 Å². The number of fused-ring (bicyclic) bond motifs is 5. The molecule has 0 fully saturated rings. The lowest BCUT2D eigenvalue weighted by Gasteiger charge is -2.24. The SMILES string of the molecule is C/C=C\C=C(/N)c1cc2c3cc(-c4ccc(-c5c6c(c(-c7ccc(-c8ccccc8)cc7)c7ccccc57)C=CCC6)cc4)ccc3n(-c3ccccc3)c2cn1. The zero-order valence-corrected chi connectivity index (χ0v) is 31.9. The van der Waals surface area contributed by atoms with Gasteiger partial charge in [-0.3, -0.25) is 4.98 Å². The van der Waals surface area contributed by atoms with Gasteiger partial charge in [-0.1, -0.05) is 152 Å². The van der Waals surface area contributed by atoms with Gasteiger partial charge in [0.25, 0.3) is 0 Å². The van der Waals surface area contributed by atoms with Gasteiger partial charge in [-0.2, -0.15) is 0 Å². The molecule has 0 amide bonds. The molecule has 0 unspecified atom stereocenters. The number of rotatable bonds is 7. The van der Waals surface area contributed by atoms with Gasteiger partial charge in [-0.05, 0) is 123 Å². The Morgan fingerprint density at radius 3 is 1.88 bits per heavy atom. The first kappa shape index (κ1) is 34.3. The second-order valence-corrected chi connectivity index (χ2v) is 14.8. The first-order chi connectivity index (χ1) is 28.2. The lowest BCUT2D eigenvalue weighted by molar-refractivity contribution is 0.991. The predicted molar refractivity (Wildman–Crippen MR) is 242 cm³/mol. The van der Waals surface area contributed by atoms with Crippen LogP contribution in [0.5, 0.6) is 0 Å². The van der Waals surface area contributed by atoms with Crippen LogP contribution in [0.4, 0.5) is 0 Å². The molecular weight excluding hydrogens is 691 g/mol. The minimum absolute atomic E-state index is 0.640. The molecule has 0 radical (unpaired) electrons. The number of nitrogens with two attached hydrogens (primary N) is 1. The number of hydrogen-bond donors (Lipinski definition) is 1. The molecule has 0 spiro atoms. The summed E-state index contributed by atoms with van der Waals surface area (Å²) in [5, 5.41) is 4.86. The van der Waals surface area contributed by atoms with Crippen LogP contribution in [0.25, 0.3) is 94.5 Å². The van der Waals surface area contributed by atoms with E-state index >= 15 is 0 Å². The zero-order chi connectivity index (χ0) is 38.3. The summed E-state index contributed by atoms with van der Waals surface area (Å²) in [6.45, 7) is 1.98. The van der Waals surface area contributed by atoms with Crippen molar-refractivity contribution < 1.29 is 0 Å². The minimum Gasteiger partial charge on any atom is -0.397 e. The van der Waals surface area contributed by atoms with Crippen LogP contribution in [-0.4, -0.2) is 9.55 Å². The van der Waals surface area contributed by atoms with Crippen molar-refractivity contribution >= 4 is 44.4 Å². The van der Waals surface area contributed by atoms with Crippen molar-refractivity contribution in [3.8, 4) is 50.2 Å². The fourth-order valence-corrected chi connectivity index (χ4v) is 8.71. The number of pyridine rings is 1. The Hall–Kier alpha value is -7.23. The fraction of sp³-hybridized carbons (Fsp3) is 0.0556. The van der Waals surface area contributed by atoms with Gasteiger partial charge < -0.3 is 10.3 Å². The van der Waals surface area contributed by atoms with Crippen molar-refractivity contribution in [3.63, 3.8) is 0 Å². The lowest BCUT2D eigenvalue weighted by atomic mass is 9.80. The van der Waals surface area contributed by atoms with Crippen LogP contribution in [0.1, 0.15) is 30.2 Å². The molecule has 57 heavy (non-hydrogen) atoms. The monoisotopic (exact) mass is 731 g/mol. The second-order valence-electron chi connectivity index (χ2n) is 14.8. The van der Waals surface area contributed by atoms with E-state index < -0.39 is 0 Å². The van der Waals surface area contributed by atoms with Crippen LogP contribution >= 0.6 is 0 Å². The van der Waals surface area contributed by atoms with Crippen molar-refractivity contribution in [2.45, 2.75) is 19.8 Å². The van der Waals surface area contributed by atoms with Crippen LogP contribution in [0.2, 0.25) is 0 Å². The summed E-state index contributed by atoms with van der Waals surface area (Å²) in [7, 11) is 0. The third-order valence-corrected chi connectivity index (χ3v) is 11.4. The smallest absolute Gasteiger partial charge is 0.0866 e. The third-order valence-electron chi connectivity index (χ3n) is 11.4. The van der Waals surface area contributed by atoms with E-state index in [9.17, 15) is 0 Å². The van der Waals surface area contributed by atoms with Crippen LogP contribution in [0.15, 0.2) is 188 Å². The number of benzene rings is 7. The highest BCUT2D eigenvalue weighted by atomic mass is 15.0. The molecule has 0 saturated carbocycles. The topological polar surface area (TPSA) is 43.8 Å². The van der Waals surface area contributed by atoms with Crippen molar-refractivity contribution in [2.75, 3.05) is 0 Å². The molecule has 1 aliphatic rings. The molecule has 0 atom stereocenters. The van der Waals surface area contributed by atoms with E-state index in [1.54, 1.807) is 0 Å². The number of nitrogens with zero attached hydrogens (tertiary/aromatic N) is 2. The van der Waals surface area contributed by atoms with Crippen molar-refractivity contribution in [1.82, 2.24) is 9.55 Å². The highest BCUT2D eigenvalue weighted by Gasteiger charge is 2.22. The van der Waals surface area contributed by atoms with Crippen LogP contribution in [0.3, 0.4) is 0 Å². The Morgan fingerprint density at radius 2 is 1.16 bits per heavy atom. The van der Waals surface area contributed by atoms with Gasteiger partial charge in [-0.25, -0.2) is 0 Å². The molecule has 0 saturated heterocycles. The van der Waals surface area contributed by atoms with E-state index in [0.717, 1.165) is 46.0 Å². The van der Waals surface area contributed by atoms with E-state index in [4.69, 9.17) is 10.7 Å². The van der Waals surface area contributed by atoms with Gasteiger partial charge in [0.15, 0.2) is 0 Å². The van der Waals surface area contributed by atoms with Gasteiger partial charge in [-0.15, -0.1) is 0 Å². The van der Waals surface area contributed by atoms with E-state index in [1.165, 1.54) is 66.4 Å². The quantitative estimate of drug-likeness (QED) is 0.166. The number of allylic oxidation sites excluding steroid dienone is 4. The highest BCUT2D eigenvalue weighted by molar-refractivity contribution is 6.12. The Balaban J connectivity index is 1.08. The molecule has 10 rings (SSSR count). The van der Waals surface area contributed by atoms with Crippen LogP contribution < -0.4 is 5.73 Å². The Morgan fingerprint density at radius 1 is 0.579 bits per heavy atom. The summed E-state index contributed by atoms with van der Waals surface area (Å²) in [5.74, 6) is 0. The molecule has 7 aromatic carbocycles. The van der Waals surface area contributed by atoms with E-state index in [1.807, 2.05) is 31.3 Å². The van der Waals surface area contributed by atoms with Crippen LogP contribution in [-0.2, 0) is 6.42 Å². The Labute approximate surface area is 333 Å². The summed E-state index contributed by atoms with van der Waals surface area (Å²) in [5.41, 5.74) is 23.9. The highest BCUT2D eigenvalue weighted by Crippen LogP contribution is 2.45. The van der Waals surface area contributed by atoms with E-state index in [2.05, 4.69) is 174 Å². The zero-order valence-electron chi connectivity index (χ0n) is 31.9. The average Bonchev–Trinajstić information content (AvgIpc) is 3.61. The maximum atomic E-state index is 6.49. The average molecular weight is 732 g/mol. The fourth-order valence-electron chi connectivity index (χ4n) is 8.71. The largest absolute Gasteiger partial charge is 0.397 e. The van der Waals surface area contributed by atoms with Gasteiger partial charge in [0.1, 0.15) is 0 Å². The Kier molecular flexibility index (Phi) is 8.69. The van der Waals surface area contributed by atoms with Crippen molar-refractivity contribution in [3.05, 3.63) is 205 Å². The molecule has 2 N–H and O–H groups in total. The predicted octanol–water partition coefficient (Wildman–Crippen LogP) is 13.8. The molecule has 3 nitrogen and oxygen atoms in total. The molecule has 9 aromatic rings. The maximum Gasteiger partial charge on any atom is 0.0866 e. The molecule has 0 bridgehead atoms. The van der Waals surface area contributed by atoms with Gasteiger partial charge in [0, 0.05) is 16.5 Å². The van der Waals surface area contributed by atoms with Gasteiger partial charge in [0.05, 0.1) is 28.6 Å². The van der Waals surface area contributed by atoms with Crippen LogP contribution in [0, 0.1) is 0 Å². The summed E-state index contributed by atoms with van der Waals surface area (Å²) in [6.07, 6.45) is 14.5. The first-order valence-corrected chi connectivity index (χ1v) is 19.8. The number of hydrogen-bond acceptors (Lipinski definition) is 2. The summed E-state index contributed by atoms with van der Waals surface area (Å²) >= 11 is 0. The molecule has 2 heterocycles. The normalized spacial score (nSPS) is 12.9. The summed E-state index contributed by atoms with van der Waals surface area (Å²) in [6, 6.07) is 57.3. The second kappa shape index (κ2) is 14.4. The van der Waals surface area contributed by atoms with E-state index in [-0.39, 0.29) is 0 Å². The standard InChI is InChI=1S/C54H41N3/c1-2-3-22-49(55)50-34-48-47-33-41(31-32-51(47)57(52(48)35-56-50)42-16-8-5-9-17-42)38-25-29-40(30-26-38)54-45-20-12-10-18-43(45)53(44-19-11-13-21-46(44)54)39-27-23-37(24-28-39)36-14-6-4-7-15-36/h2-12,14-20,22-35H,13,21,55H2,1H3/b3-2-,49-22-. The summed E-state index contributed by atoms with van der Waals surface area (Å²) < 4.78 is 2.30. The molecular formula is C54H41N3. The van der Waals surface area contributed by atoms with Gasteiger partial charge in [0.2, 0.25) is 0 Å². The maximum absolute atomic E-state index is 6.49. The minimum atomic E-state index is 0.640. The molecule has 3 heteroatoms. The van der Waals surface area contributed by atoms with Gasteiger partial charge >= 0.3 is 0 Å². The number of para-hydroxylation sites is 1. The number of aromatic nitrogens is 2. The third kappa shape index (κ3) is 6.05. The molecule has 1 aliphatic carbocycles. The Bertz CT molecular complexity index is 3040. The molecule has 272 valence electrons. The first-order valence-electron chi connectivity index (χ1n) is 19.8. The van der Waals surface area contributed by atoms with Crippen molar-refractivity contribution in [2.24, 2.45) is 5.73 Å². The van der Waals surface area contributed by atoms with E-state index in [0.29, 0.717) is 5.70 Å².